The molecule has 3 aromatic carbocycles. The molecule has 0 aromatic heterocycles. The van der Waals surface area contributed by atoms with Crippen molar-refractivity contribution in [3.05, 3.63) is 106 Å². The van der Waals surface area contributed by atoms with Crippen molar-refractivity contribution in [1.82, 2.24) is 0 Å². The lowest BCUT2D eigenvalue weighted by Gasteiger charge is -2.47. The second-order valence-corrected chi connectivity index (χ2v) is 10.8. The van der Waals surface area contributed by atoms with Crippen molar-refractivity contribution in [1.29, 1.82) is 0 Å². The molecule has 3 unspecified atom stereocenters. The Morgan fingerprint density at radius 2 is 1.49 bits per heavy atom. The minimum atomic E-state index is -0.0601. The van der Waals surface area contributed by atoms with E-state index in [9.17, 15) is 0 Å². The van der Waals surface area contributed by atoms with Crippen molar-refractivity contribution in [2.45, 2.75) is 65.1 Å². The highest BCUT2D eigenvalue weighted by Gasteiger charge is 2.44. The SMILES string of the molecule is Cc1cc(Br)ccc1C(C)[C@H]1OC(COCc2ccccc2)[C@@H](C)[C@H](C)C1OCc1ccccc1. The van der Waals surface area contributed by atoms with Crippen LogP contribution in [0.5, 0.6) is 0 Å². The molecule has 3 aromatic rings. The van der Waals surface area contributed by atoms with Crippen LogP contribution in [0.3, 0.4) is 0 Å². The summed E-state index contributed by atoms with van der Waals surface area (Å²) in [4.78, 5) is 0. The van der Waals surface area contributed by atoms with E-state index >= 15 is 0 Å². The number of hydrogen-bond donors (Lipinski definition) is 0. The Balaban J connectivity index is 1.52. The van der Waals surface area contributed by atoms with Gasteiger partial charge in [0.25, 0.3) is 0 Å². The summed E-state index contributed by atoms with van der Waals surface area (Å²) in [6.45, 7) is 10.8. The first-order valence-corrected chi connectivity index (χ1v) is 13.4. The van der Waals surface area contributed by atoms with E-state index in [1.165, 1.54) is 22.3 Å². The third-order valence-electron chi connectivity index (χ3n) is 7.48. The highest BCUT2D eigenvalue weighted by molar-refractivity contribution is 9.10. The summed E-state index contributed by atoms with van der Waals surface area (Å²) in [5.41, 5.74) is 4.94. The number of ether oxygens (including phenoxy) is 3. The number of aryl methyl sites for hydroxylation is 1. The molecule has 1 fully saturated rings. The summed E-state index contributed by atoms with van der Waals surface area (Å²) >= 11 is 3.61. The Labute approximate surface area is 218 Å². The largest absolute Gasteiger partial charge is 0.374 e. The number of hydrogen-bond acceptors (Lipinski definition) is 3. The molecule has 4 rings (SSSR count). The monoisotopic (exact) mass is 536 g/mol. The second kappa shape index (κ2) is 12.3. The zero-order chi connectivity index (χ0) is 24.8. The summed E-state index contributed by atoms with van der Waals surface area (Å²) < 4.78 is 20.7. The van der Waals surface area contributed by atoms with E-state index in [0.29, 0.717) is 31.7 Å². The summed E-state index contributed by atoms with van der Waals surface area (Å²) in [6.07, 6.45) is -0.0442. The summed E-state index contributed by atoms with van der Waals surface area (Å²) in [7, 11) is 0. The van der Waals surface area contributed by atoms with Crippen molar-refractivity contribution >= 4 is 15.9 Å². The van der Waals surface area contributed by atoms with Gasteiger partial charge in [-0.1, -0.05) is 103 Å². The molecule has 1 aliphatic rings. The quantitative estimate of drug-likeness (QED) is 0.280. The average Bonchev–Trinajstić information content (AvgIpc) is 2.87. The van der Waals surface area contributed by atoms with E-state index < -0.39 is 0 Å². The van der Waals surface area contributed by atoms with Gasteiger partial charge in [-0.3, -0.25) is 0 Å². The Kier molecular flexibility index (Phi) is 9.18. The second-order valence-electron chi connectivity index (χ2n) is 9.91. The van der Waals surface area contributed by atoms with Crippen molar-refractivity contribution < 1.29 is 14.2 Å². The first-order chi connectivity index (χ1) is 16.9. The van der Waals surface area contributed by atoms with Crippen LogP contribution in [0.4, 0.5) is 0 Å². The fourth-order valence-corrected chi connectivity index (χ4v) is 5.62. The van der Waals surface area contributed by atoms with Gasteiger partial charge in [0.15, 0.2) is 0 Å². The normalized spacial score (nSPS) is 25.3. The molecule has 0 N–H and O–H groups in total. The Morgan fingerprint density at radius 1 is 0.857 bits per heavy atom. The Hall–Kier alpha value is -1.98. The molecule has 186 valence electrons. The maximum absolute atomic E-state index is 6.85. The Bertz CT molecular complexity index is 1050. The van der Waals surface area contributed by atoms with Gasteiger partial charge in [-0.2, -0.15) is 0 Å². The number of benzene rings is 3. The van der Waals surface area contributed by atoms with Gasteiger partial charge in [0, 0.05) is 10.4 Å². The van der Waals surface area contributed by atoms with Gasteiger partial charge in [-0.05, 0) is 53.1 Å². The molecule has 0 aliphatic carbocycles. The van der Waals surface area contributed by atoms with Crippen LogP contribution in [0.2, 0.25) is 0 Å². The molecule has 0 spiro atoms. The van der Waals surface area contributed by atoms with E-state index in [-0.39, 0.29) is 24.2 Å². The smallest absolute Gasteiger partial charge is 0.0910 e. The third-order valence-corrected chi connectivity index (χ3v) is 7.98. The van der Waals surface area contributed by atoms with Gasteiger partial charge in [0.1, 0.15) is 0 Å². The van der Waals surface area contributed by atoms with Crippen LogP contribution >= 0.6 is 15.9 Å². The topological polar surface area (TPSA) is 27.7 Å². The first kappa shape index (κ1) is 26.1. The minimum absolute atomic E-state index is 0.00590. The highest BCUT2D eigenvalue weighted by atomic mass is 79.9. The van der Waals surface area contributed by atoms with Crippen LogP contribution < -0.4 is 0 Å². The molecule has 1 heterocycles. The molecule has 0 bridgehead atoms. The van der Waals surface area contributed by atoms with Crippen LogP contribution in [-0.4, -0.2) is 24.9 Å². The number of rotatable bonds is 9. The minimum Gasteiger partial charge on any atom is -0.374 e. The van der Waals surface area contributed by atoms with Gasteiger partial charge in [-0.15, -0.1) is 0 Å². The highest BCUT2D eigenvalue weighted by Crippen LogP contribution is 2.40. The molecule has 1 aliphatic heterocycles. The third kappa shape index (κ3) is 6.62. The van der Waals surface area contributed by atoms with Gasteiger partial charge in [0.2, 0.25) is 0 Å². The molecule has 1 saturated heterocycles. The van der Waals surface area contributed by atoms with E-state index in [0.717, 1.165) is 4.47 Å². The van der Waals surface area contributed by atoms with Crippen LogP contribution in [0, 0.1) is 18.8 Å². The van der Waals surface area contributed by atoms with Gasteiger partial charge in [-0.25, -0.2) is 0 Å². The molecule has 3 nitrogen and oxygen atoms in total. The summed E-state index contributed by atoms with van der Waals surface area (Å²) in [5.74, 6) is 0.845. The molecule has 6 atom stereocenters. The van der Waals surface area contributed by atoms with Crippen LogP contribution in [0.25, 0.3) is 0 Å². The van der Waals surface area contributed by atoms with E-state index in [1.807, 2.05) is 24.3 Å². The summed E-state index contributed by atoms with van der Waals surface area (Å²) in [5, 5.41) is 0. The van der Waals surface area contributed by atoms with Crippen LogP contribution in [-0.2, 0) is 27.4 Å². The summed E-state index contributed by atoms with van der Waals surface area (Å²) in [6, 6.07) is 27.3. The van der Waals surface area contributed by atoms with E-state index in [1.54, 1.807) is 0 Å². The fraction of sp³-hybridized carbons (Fsp3) is 0.419. The number of halogens is 1. The van der Waals surface area contributed by atoms with Gasteiger partial charge in [0.05, 0.1) is 38.1 Å². The standard InChI is InChI=1S/C31H37BrO3/c1-21-17-27(32)15-16-28(21)24(4)31-30(34-19-26-13-9-6-10-14-26)23(3)22(2)29(35-31)20-33-18-25-11-7-5-8-12-25/h5-17,22-24,29-31H,18-20H2,1-4H3/t22-,23-,24?,29?,30?,31+/m0/s1. The molecule has 0 radical (unpaired) electrons. The maximum Gasteiger partial charge on any atom is 0.0910 e. The first-order valence-electron chi connectivity index (χ1n) is 12.6. The van der Waals surface area contributed by atoms with Crippen LogP contribution in [0.15, 0.2) is 83.3 Å². The lowest BCUT2D eigenvalue weighted by atomic mass is 9.76. The van der Waals surface area contributed by atoms with Crippen molar-refractivity contribution in [2.75, 3.05) is 6.61 Å². The van der Waals surface area contributed by atoms with Gasteiger partial charge >= 0.3 is 0 Å². The zero-order valence-corrected chi connectivity index (χ0v) is 22.8. The lowest BCUT2D eigenvalue weighted by Crippen LogP contribution is -2.53. The van der Waals surface area contributed by atoms with E-state index in [2.05, 4.69) is 98.2 Å². The maximum atomic E-state index is 6.85. The molecule has 4 heteroatoms. The molecule has 35 heavy (non-hydrogen) atoms. The predicted molar refractivity (Wildman–Crippen MR) is 145 cm³/mol. The predicted octanol–water partition coefficient (Wildman–Crippen LogP) is 7.70. The average molecular weight is 538 g/mol. The fourth-order valence-electron chi connectivity index (χ4n) is 5.14. The molecular weight excluding hydrogens is 500 g/mol. The zero-order valence-electron chi connectivity index (χ0n) is 21.2. The van der Waals surface area contributed by atoms with Crippen molar-refractivity contribution in [2.24, 2.45) is 11.8 Å². The van der Waals surface area contributed by atoms with Crippen molar-refractivity contribution in [3.63, 3.8) is 0 Å². The van der Waals surface area contributed by atoms with Gasteiger partial charge < -0.3 is 14.2 Å². The molecular formula is C31H37BrO3. The van der Waals surface area contributed by atoms with Crippen LogP contribution in [0.1, 0.15) is 48.9 Å². The molecule has 0 saturated carbocycles. The Morgan fingerprint density at radius 3 is 2.11 bits per heavy atom. The lowest BCUT2D eigenvalue weighted by molar-refractivity contribution is -0.209. The van der Waals surface area contributed by atoms with Crippen molar-refractivity contribution in [3.8, 4) is 0 Å². The van der Waals surface area contributed by atoms with E-state index in [4.69, 9.17) is 14.2 Å². The molecule has 0 amide bonds.